The molecule has 158 valence electrons. The van der Waals surface area contributed by atoms with Gasteiger partial charge < -0.3 is 10.2 Å². The molecule has 0 bridgehead atoms. The van der Waals surface area contributed by atoms with Crippen LogP contribution in [0.5, 0.6) is 0 Å². The third kappa shape index (κ3) is 8.19. The first-order chi connectivity index (χ1) is 13.3. The van der Waals surface area contributed by atoms with Crippen LogP contribution in [0.4, 0.5) is 0 Å². The van der Waals surface area contributed by atoms with Gasteiger partial charge in [0.25, 0.3) is 0 Å². The predicted octanol–water partition coefficient (Wildman–Crippen LogP) is 3.72. The van der Waals surface area contributed by atoms with Crippen molar-refractivity contribution < 1.29 is 24.6 Å². The molecule has 1 unspecified atom stereocenters. The Bertz CT molecular complexity index is 578. The Morgan fingerprint density at radius 3 is 2.61 bits per heavy atom. The smallest absolute Gasteiger partial charge is 0.161 e. The molecule has 3 atom stereocenters. The summed E-state index contributed by atoms with van der Waals surface area (Å²) in [7, 11) is 0. The normalized spacial score (nSPS) is 22.2. The number of ketones is 3. The van der Waals surface area contributed by atoms with E-state index in [4.69, 9.17) is 5.11 Å². The van der Waals surface area contributed by atoms with Crippen molar-refractivity contribution in [3.63, 3.8) is 0 Å². The Kier molecular flexibility index (Phi) is 11.2. The molecule has 0 heterocycles. The van der Waals surface area contributed by atoms with E-state index in [-0.39, 0.29) is 29.2 Å². The van der Waals surface area contributed by atoms with Gasteiger partial charge in [-0.15, -0.1) is 0 Å². The van der Waals surface area contributed by atoms with Crippen LogP contribution >= 0.6 is 0 Å². The van der Waals surface area contributed by atoms with Gasteiger partial charge in [0.2, 0.25) is 0 Å². The van der Waals surface area contributed by atoms with Gasteiger partial charge in [-0.1, -0.05) is 44.1 Å². The number of hydrogen-bond acceptors (Lipinski definition) is 5. The number of aliphatic hydroxyl groups excluding tert-OH is 1. The van der Waals surface area contributed by atoms with E-state index in [1.54, 1.807) is 0 Å². The van der Waals surface area contributed by atoms with E-state index in [1.165, 1.54) is 6.92 Å². The molecule has 1 aliphatic rings. The first-order valence-corrected chi connectivity index (χ1v) is 10.5. The number of aliphatic hydroxyl groups is 2. The van der Waals surface area contributed by atoms with Gasteiger partial charge in [0.05, 0.1) is 0 Å². The van der Waals surface area contributed by atoms with Crippen molar-refractivity contribution in [2.24, 2.45) is 11.8 Å². The first kappa shape index (κ1) is 24.4. The van der Waals surface area contributed by atoms with Gasteiger partial charge in [0.1, 0.15) is 18.0 Å². The van der Waals surface area contributed by atoms with Crippen LogP contribution in [0.2, 0.25) is 0 Å². The Morgan fingerprint density at radius 1 is 1.21 bits per heavy atom. The maximum Gasteiger partial charge on any atom is 0.161 e. The zero-order valence-corrected chi connectivity index (χ0v) is 17.4. The minimum absolute atomic E-state index is 0.0485. The Balaban J connectivity index is 2.52. The van der Waals surface area contributed by atoms with Crippen molar-refractivity contribution in [3.8, 4) is 0 Å². The van der Waals surface area contributed by atoms with E-state index < -0.39 is 12.2 Å². The molecular weight excluding hydrogens is 356 g/mol. The lowest BCUT2D eigenvalue weighted by Crippen LogP contribution is -2.36. The van der Waals surface area contributed by atoms with Crippen LogP contribution in [0.25, 0.3) is 0 Å². The second kappa shape index (κ2) is 12.8. The number of Topliss-reactive ketones (excluding diaryl/α,β-unsaturated/α-hetero) is 3. The van der Waals surface area contributed by atoms with Crippen LogP contribution < -0.4 is 0 Å². The highest BCUT2D eigenvalue weighted by molar-refractivity contribution is 5.85. The zero-order valence-electron chi connectivity index (χ0n) is 17.4. The number of allylic oxidation sites excluding steroid dienone is 3. The van der Waals surface area contributed by atoms with E-state index in [0.29, 0.717) is 38.5 Å². The van der Waals surface area contributed by atoms with Gasteiger partial charge in [-0.25, -0.2) is 0 Å². The molecule has 1 aliphatic carbocycles. The van der Waals surface area contributed by atoms with Crippen LogP contribution in [0.3, 0.4) is 0 Å². The molecule has 0 aromatic rings. The summed E-state index contributed by atoms with van der Waals surface area (Å²) in [5, 5.41) is 19.3. The molecule has 0 aliphatic heterocycles. The van der Waals surface area contributed by atoms with Crippen molar-refractivity contribution in [3.05, 3.63) is 24.3 Å². The quantitative estimate of drug-likeness (QED) is 0.347. The summed E-state index contributed by atoms with van der Waals surface area (Å²) in [6.45, 7) is 3.07. The minimum atomic E-state index is -1.30. The fourth-order valence-electron chi connectivity index (χ4n) is 3.66. The zero-order chi connectivity index (χ0) is 21.0. The number of hydrogen-bond donors (Lipinski definition) is 2. The highest BCUT2D eigenvalue weighted by Crippen LogP contribution is 2.33. The summed E-state index contributed by atoms with van der Waals surface area (Å²) in [6, 6.07) is 0. The third-order valence-corrected chi connectivity index (χ3v) is 5.65. The highest BCUT2D eigenvalue weighted by Gasteiger charge is 2.33. The molecule has 28 heavy (non-hydrogen) atoms. The van der Waals surface area contributed by atoms with Gasteiger partial charge in [-0.2, -0.15) is 0 Å². The van der Waals surface area contributed by atoms with E-state index >= 15 is 0 Å². The first-order valence-electron chi connectivity index (χ1n) is 10.5. The van der Waals surface area contributed by atoms with Crippen molar-refractivity contribution >= 4 is 17.3 Å². The maximum absolute atomic E-state index is 12.2. The molecule has 0 saturated heterocycles. The van der Waals surface area contributed by atoms with Crippen LogP contribution in [0, 0.1) is 11.8 Å². The van der Waals surface area contributed by atoms with Crippen molar-refractivity contribution in [1.29, 1.82) is 0 Å². The van der Waals surface area contributed by atoms with Gasteiger partial charge in [0, 0.05) is 25.2 Å². The average molecular weight is 393 g/mol. The van der Waals surface area contributed by atoms with Crippen LogP contribution in [-0.2, 0) is 14.4 Å². The molecular formula is C23H36O5. The number of carbonyl (C=O) groups is 3. The molecule has 2 N–H and O–H groups in total. The van der Waals surface area contributed by atoms with E-state index in [2.05, 4.69) is 0 Å². The number of carbonyl (C=O) groups excluding carboxylic acids is 3. The summed E-state index contributed by atoms with van der Waals surface area (Å²) >= 11 is 0. The van der Waals surface area contributed by atoms with E-state index in [9.17, 15) is 19.5 Å². The molecule has 0 amide bonds. The molecule has 1 saturated carbocycles. The second-order valence-electron chi connectivity index (χ2n) is 7.90. The summed E-state index contributed by atoms with van der Waals surface area (Å²) in [6.07, 6.45) is 14.3. The molecule has 5 heteroatoms. The minimum Gasteiger partial charge on any atom is -0.389 e. The lowest BCUT2D eigenvalue weighted by Gasteiger charge is -2.24. The summed E-state index contributed by atoms with van der Waals surface area (Å²) in [5.41, 5.74) is -1.30. The summed E-state index contributed by atoms with van der Waals surface area (Å²) < 4.78 is 0. The maximum atomic E-state index is 12.2. The fraction of sp³-hybridized carbons (Fsp3) is 0.696. The second-order valence-corrected chi connectivity index (χ2v) is 7.90. The lowest BCUT2D eigenvalue weighted by atomic mass is 9.87. The Hall–Kier alpha value is -1.59. The summed E-state index contributed by atoms with van der Waals surface area (Å²) in [4.78, 5) is 35.1. The lowest BCUT2D eigenvalue weighted by molar-refractivity contribution is -0.135. The molecule has 1 rings (SSSR count). The Labute approximate surface area is 168 Å². The monoisotopic (exact) mass is 392 g/mol. The molecule has 1 fully saturated rings. The van der Waals surface area contributed by atoms with Crippen molar-refractivity contribution in [1.82, 2.24) is 0 Å². The van der Waals surface area contributed by atoms with Crippen LogP contribution in [0.15, 0.2) is 24.3 Å². The summed E-state index contributed by atoms with van der Waals surface area (Å²) in [5.74, 6) is 0.0204. The van der Waals surface area contributed by atoms with Crippen LogP contribution in [-0.4, -0.2) is 39.8 Å². The van der Waals surface area contributed by atoms with Crippen LogP contribution in [0.1, 0.15) is 78.1 Å². The average Bonchev–Trinajstić information content (AvgIpc) is 3.02. The largest absolute Gasteiger partial charge is 0.389 e. The van der Waals surface area contributed by atoms with Gasteiger partial charge in [-0.3, -0.25) is 14.4 Å². The van der Waals surface area contributed by atoms with E-state index in [0.717, 1.165) is 25.7 Å². The standard InChI is InChI=1S/C23H36O5/c1-3-4-15-23(28,18(2)25)16-9-10-19-13-14-22(27)21(19)12-8-6-5-7-11-20(26)17-24/h6,8-10,19,21,24,28H,3-5,7,11-17H2,1-2H3/t19-,21+,23?/m0/s1. The van der Waals surface area contributed by atoms with E-state index in [1.807, 2.05) is 31.2 Å². The van der Waals surface area contributed by atoms with Gasteiger partial charge in [-0.05, 0) is 44.9 Å². The van der Waals surface area contributed by atoms with Gasteiger partial charge in [0.15, 0.2) is 11.6 Å². The number of unbranched alkanes of at least 4 members (excludes halogenated alkanes) is 2. The van der Waals surface area contributed by atoms with Crippen molar-refractivity contribution in [2.75, 3.05) is 6.61 Å². The SMILES string of the molecule is CCCCC(O)(CC=C[C@H]1CCC(=O)[C@@H]1CC=CCCCC(=O)CO)C(C)=O. The Morgan fingerprint density at radius 2 is 1.96 bits per heavy atom. The fourth-order valence-corrected chi connectivity index (χ4v) is 3.66. The van der Waals surface area contributed by atoms with Crippen molar-refractivity contribution in [2.45, 2.75) is 83.7 Å². The topological polar surface area (TPSA) is 91.7 Å². The molecule has 0 aromatic heterocycles. The molecule has 0 spiro atoms. The van der Waals surface area contributed by atoms with Gasteiger partial charge >= 0.3 is 0 Å². The molecule has 0 aromatic carbocycles. The molecule has 0 radical (unpaired) electrons. The highest BCUT2D eigenvalue weighted by atomic mass is 16.3. The number of rotatable bonds is 14. The third-order valence-electron chi connectivity index (χ3n) is 5.65. The predicted molar refractivity (Wildman–Crippen MR) is 110 cm³/mol. The molecule has 5 nitrogen and oxygen atoms in total.